The predicted molar refractivity (Wildman–Crippen MR) is 56.0 cm³/mol. The number of nitrogens with one attached hydrogen (secondary N) is 1. The highest BCUT2D eigenvalue weighted by atomic mass is 16.7. The Balaban J connectivity index is 1.80. The standard InChI is InChI=1S/C11H14N2O2/c14-11(13-7-4-8-15-13)12-9-10-5-2-1-3-6-10/h1-3,5-6H,4,7-9H2,(H,12,14). The van der Waals surface area contributed by atoms with Crippen molar-refractivity contribution >= 4 is 6.03 Å². The second-order valence-electron chi connectivity index (χ2n) is 3.43. The molecule has 0 bridgehead atoms. The van der Waals surface area contributed by atoms with Crippen LogP contribution in [0.5, 0.6) is 0 Å². The Kier molecular flexibility index (Phi) is 3.19. The van der Waals surface area contributed by atoms with Crippen molar-refractivity contribution in [2.45, 2.75) is 13.0 Å². The molecule has 15 heavy (non-hydrogen) atoms. The molecule has 0 aliphatic carbocycles. The number of benzene rings is 1. The zero-order valence-electron chi connectivity index (χ0n) is 8.48. The molecule has 0 radical (unpaired) electrons. The monoisotopic (exact) mass is 206 g/mol. The molecule has 1 aliphatic heterocycles. The van der Waals surface area contributed by atoms with Crippen LogP contribution < -0.4 is 5.32 Å². The molecule has 2 rings (SSSR count). The van der Waals surface area contributed by atoms with Crippen LogP contribution in [0, 0.1) is 0 Å². The number of urea groups is 1. The lowest BCUT2D eigenvalue weighted by atomic mass is 10.2. The number of hydroxylamine groups is 2. The minimum atomic E-state index is -0.156. The van der Waals surface area contributed by atoms with Crippen LogP contribution in [0.25, 0.3) is 0 Å². The van der Waals surface area contributed by atoms with Gasteiger partial charge in [0.05, 0.1) is 13.2 Å². The van der Waals surface area contributed by atoms with Crippen molar-refractivity contribution < 1.29 is 9.63 Å². The molecule has 4 nitrogen and oxygen atoms in total. The van der Waals surface area contributed by atoms with Gasteiger partial charge < -0.3 is 5.32 Å². The van der Waals surface area contributed by atoms with Gasteiger partial charge in [0.2, 0.25) is 0 Å². The van der Waals surface area contributed by atoms with E-state index < -0.39 is 0 Å². The van der Waals surface area contributed by atoms with Crippen LogP contribution in [0.3, 0.4) is 0 Å². The van der Waals surface area contributed by atoms with Crippen LogP contribution in [0.1, 0.15) is 12.0 Å². The molecule has 0 atom stereocenters. The Morgan fingerprint density at radius 3 is 2.87 bits per heavy atom. The summed E-state index contributed by atoms with van der Waals surface area (Å²) in [5.41, 5.74) is 1.09. The molecule has 1 aromatic carbocycles. The average Bonchev–Trinajstić information content (AvgIpc) is 2.81. The summed E-state index contributed by atoms with van der Waals surface area (Å²) in [5, 5.41) is 4.18. The number of carbonyl (C=O) groups is 1. The van der Waals surface area contributed by atoms with Crippen molar-refractivity contribution in [1.29, 1.82) is 0 Å². The molecule has 2 amide bonds. The first-order valence-electron chi connectivity index (χ1n) is 5.08. The Hall–Kier alpha value is -1.55. The quantitative estimate of drug-likeness (QED) is 0.797. The van der Waals surface area contributed by atoms with Gasteiger partial charge in [-0.05, 0) is 12.0 Å². The topological polar surface area (TPSA) is 41.6 Å². The second-order valence-corrected chi connectivity index (χ2v) is 3.43. The van der Waals surface area contributed by atoms with Crippen molar-refractivity contribution in [3.63, 3.8) is 0 Å². The van der Waals surface area contributed by atoms with Crippen LogP contribution in [-0.4, -0.2) is 24.2 Å². The Morgan fingerprint density at radius 1 is 1.40 bits per heavy atom. The molecule has 0 aromatic heterocycles. The van der Waals surface area contributed by atoms with Gasteiger partial charge in [-0.25, -0.2) is 9.86 Å². The van der Waals surface area contributed by atoms with Crippen molar-refractivity contribution in [2.24, 2.45) is 0 Å². The smallest absolute Gasteiger partial charge is 0.332 e. The minimum absolute atomic E-state index is 0.156. The molecular weight excluding hydrogens is 192 g/mol. The summed E-state index contributed by atoms with van der Waals surface area (Å²) >= 11 is 0. The molecule has 1 N–H and O–H groups in total. The van der Waals surface area contributed by atoms with Gasteiger partial charge >= 0.3 is 6.03 Å². The normalized spacial score (nSPS) is 15.3. The second kappa shape index (κ2) is 4.79. The van der Waals surface area contributed by atoms with Crippen molar-refractivity contribution in [1.82, 2.24) is 10.4 Å². The molecule has 4 heteroatoms. The van der Waals surface area contributed by atoms with Crippen LogP contribution in [0.15, 0.2) is 30.3 Å². The molecule has 1 saturated heterocycles. The van der Waals surface area contributed by atoms with Crippen molar-refractivity contribution in [3.8, 4) is 0 Å². The Bertz CT molecular complexity index is 321. The van der Waals surface area contributed by atoms with Gasteiger partial charge in [-0.15, -0.1) is 0 Å². The van der Waals surface area contributed by atoms with Crippen LogP contribution in [-0.2, 0) is 11.4 Å². The molecule has 0 saturated carbocycles. The number of carbonyl (C=O) groups excluding carboxylic acids is 1. The third kappa shape index (κ3) is 2.70. The molecule has 0 unspecified atom stereocenters. The van der Waals surface area contributed by atoms with E-state index >= 15 is 0 Å². The fourth-order valence-electron chi connectivity index (χ4n) is 1.47. The lowest BCUT2D eigenvalue weighted by Gasteiger charge is -2.14. The summed E-state index contributed by atoms with van der Waals surface area (Å²) in [4.78, 5) is 16.6. The highest BCUT2D eigenvalue weighted by Crippen LogP contribution is 2.04. The van der Waals surface area contributed by atoms with E-state index in [2.05, 4.69) is 5.32 Å². The lowest BCUT2D eigenvalue weighted by molar-refractivity contribution is -0.0663. The van der Waals surface area contributed by atoms with E-state index in [0.29, 0.717) is 19.7 Å². The highest BCUT2D eigenvalue weighted by molar-refractivity contribution is 5.73. The van der Waals surface area contributed by atoms with E-state index in [1.54, 1.807) is 0 Å². The summed E-state index contributed by atoms with van der Waals surface area (Å²) in [5.74, 6) is 0. The summed E-state index contributed by atoms with van der Waals surface area (Å²) in [7, 11) is 0. The van der Waals surface area contributed by atoms with Gasteiger partial charge in [0.25, 0.3) is 0 Å². The van der Waals surface area contributed by atoms with E-state index in [0.717, 1.165) is 12.0 Å². The molecule has 0 spiro atoms. The fraction of sp³-hybridized carbons (Fsp3) is 0.364. The summed E-state index contributed by atoms with van der Waals surface area (Å²) < 4.78 is 0. The van der Waals surface area contributed by atoms with Crippen LogP contribution in [0.4, 0.5) is 4.79 Å². The lowest BCUT2D eigenvalue weighted by Crippen LogP contribution is -2.36. The maximum absolute atomic E-state index is 11.5. The zero-order chi connectivity index (χ0) is 10.5. The number of hydrogen-bond acceptors (Lipinski definition) is 2. The van der Waals surface area contributed by atoms with E-state index in [-0.39, 0.29) is 6.03 Å². The molecular formula is C11H14N2O2. The zero-order valence-corrected chi connectivity index (χ0v) is 8.48. The van der Waals surface area contributed by atoms with Gasteiger partial charge in [-0.2, -0.15) is 0 Å². The van der Waals surface area contributed by atoms with E-state index in [1.165, 1.54) is 5.06 Å². The van der Waals surface area contributed by atoms with Crippen molar-refractivity contribution in [2.75, 3.05) is 13.2 Å². The Labute approximate surface area is 88.8 Å². The molecule has 1 heterocycles. The first-order valence-corrected chi connectivity index (χ1v) is 5.08. The minimum Gasteiger partial charge on any atom is -0.332 e. The average molecular weight is 206 g/mol. The SMILES string of the molecule is O=C(NCc1ccccc1)N1CCCO1. The number of rotatable bonds is 2. The maximum Gasteiger partial charge on any atom is 0.341 e. The summed E-state index contributed by atoms with van der Waals surface area (Å²) in [6, 6.07) is 9.66. The van der Waals surface area contributed by atoms with Crippen LogP contribution >= 0.6 is 0 Å². The van der Waals surface area contributed by atoms with Gasteiger partial charge in [-0.1, -0.05) is 30.3 Å². The van der Waals surface area contributed by atoms with E-state index in [1.807, 2.05) is 30.3 Å². The van der Waals surface area contributed by atoms with Gasteiger partial charge in [0.15, 0.2) is 0 Å². The maximum atomic E-state index is 11.5. The molecule has 80 valence electrons. The van der Waals surface area contributed by atoms with Gasteiger partial charge in [0, 0.05) is 6.54 Å². The number of nitrogens with zero attached hydrogens (tertiary/aromatic N) is 1. The van der Waals surface area contributed by atoms with E-state index in [4.69, 9.17) is 4.84 Å². The predicted octanol–water partition coefficient (Wildman–Crippen LogP) is 1.53. The third-order valence-corrected chi connectivity index (χ3v) is 2.27. The largest absolute Gasteiger partial charge is 0.341 e. The van der Waals surface area contributed by atoms with E-state index in [9.17, 15) is 4.79 Å². The number of hydrogen-bond donors (Lipinski definition) is 1. The first-order chi connectivity index (χ1) is 7.36. The van der Waals surface area contributed by atoms with Crippen molar-refractivity contribution in [3.05, 3.63) is 35.9 Å². The molecule has 1 aromatic rings. The van der Waals surface area contributed by atoms with Gasteiger partial charge in [-0.3, -0.25) is 4.84 Å². The highest BCUT2D eigenvalue weighted by Gasteiger charge is 2.18. The molecule has 1 aliphatic rings. The summed E-state index contributed by atoms with van der Waals surface area (Å²) in [6.07, 6.45) is 0.915. The first kappa shape index (κ1) is 9.98. The number of amides is 2. The fourth-order valence-corrected chi connectivity index (χ4v) is 1.47. The summed E-state index contributed by atoms with van der Waals surface area (Å²) in [6.45, 7) is 1.86. The molecule has 1 fully saturated rings. The third-order valence-electron chi connectivity index (χ3n) is 2.27. The van der Waals surface area contributed by atoms with Crippen LogP contribution in [0.2, 0.25) is 0 Å². The van der Waals surface area contributed by atoms with Gasteiger partial charge in [0.1, 0.15) is 0 Å². The Morgan fingerprint density at radius 2 is 2.20 bits per heavy atom.